The number of nitrogens with zero attached hydrogens (tertiary/aromatic N) is 3. The average molecular weight is 328 g/mol. The summed E-state index contributed by atoms with van der Waals surface area (Å²) in [5, 5.41) is 0. The highest BCUT2D eigenvalue weighted by atomic mass is 79.9. The van der Waals surface area contributed by atoms with Gasteiger partial charge in [-0.3, -0.25) is 9.59 Å². The number of rotatable bonds is 3. The average Bonchev–Trinajstić information content (AvgIpc) is 2.73. The van der Waals surface area contributed by atoms with Crippen molar-refractivity contribution in [3.05, 3.63) is 22.4 Å². The number of carbonyl (C=O) groups excluding carboxylic acids is 2. The lowest BCUT2D eigenvalue weighted by Crippen LogP contribution is -2.50. The van der Waals surface area contributed by atoms with Gasteiger partial charge in [0.1, 0.15) is 12.2 Å². The lowest BCUT2D eigenvalue weighted by molar-refractivity contribution is -0.133. The van der Waals surface area contributed by atoms with Crippen LogP contribution in [0.25, 0.3) is 0 Å². The third-order valence-electron chi connectivity index (χ3n) is 3.29. The van der Waals surface area contributed by atoms with Crippen LogP contribution < -0.4 is 0 Å². The molecule has 6 heteroatoms. The number of hydrogen-bond acceptors (Lipinski definition) is 2. The molecule has 2 heterocycles. The third kappa shape index (κ3) is 3.00. The van der Waals surface area contributed by atoms with Gasteiger partial charge in [-0.1, -0.05) is 6.92 Å². The molecule has 2 rings (SSSR count). The summed E-state index contributed by atoms with van der Waals surface area (Å²) in [6, 6.07) is 1.82. The predicted octanol–water partition coefficient (Wildman–Crippen LogP) is 1.57. The van der Waals surface area contributed by atoms with Gasteiger partial charge in [-0.2, -0.15) is 0 Å². The van der Waals surface area contributed by atoms with Crippen molar-refractivity contribution >= 4 is 27.7 Å². The van der Waals surface area contributed by atoms with Crippen LogP contribution in [0.3, 0.4) is 0 Å². The highest BCUT2D eigenvalue weighted by molar-refractivity contribution is 9.10. The Balaban J connectivity index is 2.17. The number of halogens is 1. The van der Waals surface area contributed by atoms with Crippen molar-refractivity contribution < 1.29 is 9.59 Å². The first-order chi connectivity index (χ1) is 9.02. The molecule has 104 valence electrons. The van der Waals surface area contributed by atoms with Gasteiger partial charge in [0, 0.05) is 37.4 Å². The molecule has 0 aromatic carbocycles. The minimum atomic E-state index is -0.0689. The fourth-order valence-corrected chi connectivity index (χ4v) is 2.64. The third-order valence-corrected chi connectivity index (χ3v) is 3.72. The van der Waals surface area contributed by atoms with Crippen molar-refractivity contribution in [2.24, 2.45) is 0 Å². The molecule has 0 bridgehead atoms. The zero-order valence-corrected chi connectivity index (χ0v) is 12.8. The number of aryl methyl sites for hydroxylation is 1. The standard InChI is InChI=1S/C13H18BrN3O2/c1-3-4-16-8-10(14)7-11(16)13(19)17-6-5-15(2)12(18)9-17/h7-8H,3-6,9H2,1-2H3. The Morgan fingerprint density at radius 3 is 2.79 bits per heavy atom. The Morgan fingerprint density at radius 2 is 2.16 bits per heavy atom. The first-order valence-electron chi connectivity index (χ1n) is 6.42. The molecule has 0 N–H and O–H groups in total. The molecule has 0 unspecified atom stereocenters. The molecule has 1 aromatic rings. The van der Waals surface area contributed by atoms with Crippen molar-refractivity contribution in [1.29, 1.82) is 0 Å². The van der Waals surface area contributed by atoms with E-state index in [1.807, 2.05) is 16.8 Å². The molecule has 0 aliphatic carbocycles. The Labute approximate surface area is 121 Å². The Hall–Kier alpha value is -1.30. The minimum absolute atomic E-state index is 0.00716. The maximum Gasteiger partial charge on any atom is 0.271 e. The minimum Gasteiger partial charge on any atom is -0.342 e. The van der Waals surface area contributed by atoms with Gasteiger partial charge < -0.3 is 14.4 Å². The van der Waals surface area contributed by atoms with Crippen LogP contribution in [-0.2, 0) is 11.3 Å². The molecule has 19 heavy (non-hydrogen) atoms. The van der Waals surface area contributed by atoms with Gasteiger partial charge in [0.2, 0.25) is 5.91 Å². The molecule has 0 saturated carbocycles. The van der Waals surface area contributed by atoms with Crippen molar-refractivity contribution in [1.82, 2.24) is 14.4 Å². The number of amides is 2. The predicted molar refractivity (Wildman–Crippen MR) is 76.0 cm³/mol. The molecular weight excluding hydrogens is 310 g/mol. The Kier molecular flexibility index (Phi) is 4.29. The second-order valence-corrected chi connectivity index (χ2v) is 5.69. The molecule has 1 aliphatic heterocycles. The normalized spacial score (nSPS) is 16.1. The van der Waals surface area contributed by atoms with E-state index in [0.717, 1.165) is 17.4 Å². The fourth-order valence-electron chi connectivity index (χ4n) is 2.17. The lowest BCUT2D eigenvalue weighted by Gasteiger charge is -2.32. The number of aromatic nitrogens is 1. The largest absolute Gasteiger partial charge is 0.342 e. The fraction of sp³-hybridized carbons (Fsp3) is 0.538. The molecule has 1 aliphatic rings. The first-order valence-corrected chi connectivity index (χ1v) is 7.21. The monoisotopic (exact) mass is 327 g/mol. The molecular formula is C13H18BrN3O2. The summed E-state index contributed by atoms with van der Waals surface area (Å²) in [5.41, 5.74) is 0.645. The molecule has 0 radical (unpaired) electrons. The van der Waals surface area contributed by atoms with Crippen molar-refractivity contribution in [3.8, 4) is 0 Å². The summed E-state index contributed by atoms with van der Waals surface area (Å²) in [6.07, 6.45) is 2.87. The SMILES string of the molecule is CCCn1cc(Br)cc1C(=O)N1CCN(C)C(=O)C1. The zero-order valence-electron chi connectivity index (χ0n) is 11.2. The van der Waals surface area contributed by atoms with E-state index in [1.165, 1.54) is 0 Å². The van der Waals surface area contributed by atoms with Crippen LogP contribution in [-0.4, -0.2) is 52.9 Å². The van der Waals surface area contributed by atoms with Gasteiger partial charge in [-0.15, -0.1) is 0 Å². The molecule has 1 aromatic heterocycles. The summed E-state index contributed by atoms with van der Waals surface area (Å²) in [5.74, 6) is -0.0761. The summed E-state index contributed by atoms with van der Waals surface area (Å²) in [7, 11) is 1.76. The quantitative estimate of drug-likeness (QED) is 0.846. The lowest BCUT2D eigenvalue weighted by atomic mass is 10.2. The smallest absolute Gasteiger partial charge is 0.271 e. The number of piperazine rings is 1. The number of carbonyl (C=O) groups is 2. The summed E-state index contributed by atoms with van der Waals surface area (Å²) >= 11 is 3.40. The van der Waals surface area contributed by atoms with E-state index >= 15 is 0 Å². The van der Waals surface area contributed by atoms with Crippen molar-refractivity contribution in [3.63, 3.8) is 0 Å². The molecule has 5 nitrogen and oxygen atoms in total. The van der Waals surface area contributed by atoms with Crippen molar-refractivity contribution in [2.45, 2.75) is 19.9 Å². The molecule has 0 atom stereocenters. The van der Waals surface area contributed by atoms with Gasteiger partial charge in [0.05, 0.1) is 0 Å². The van der Waals surface area contributed by atoms with Gasteiger partial charge in [-0.05, 0) is 28.4 Å². The highest BCUT2D eigenvalue weighted by Crippen LogP contribution is 2.18. The Morgan fingerprint density at radius 1 is 1.42 bits per heavy atom. The second kappa shape index (κ2) is 5.77. The maximum atomic E-state index is 12.5. The molecule has 1 saturated heterocycles. The van der Waals surface area contributed by atoms with E-state index in [9.17, 15) is 9.59 Å². The van der Waals surface area contributed by atoms with Crippen LogP contribution in [0.5, 0.6) is 0 Å². The van der Waals surface area contributed by atoms with Gasteiger partial charge in [-0.25, -0.2) is 0 Å². The van der Waals surface area contributed by atoms with Gasteiger partial charge in [0.25, 0.3) is 5.91 Å². The van der Waals surface area contributed by atoms with E-state index in [-0.39, 0.29) is 18.4 Å². The van der Waals surface area contributed by atoms with E-state index in [0.29, 0.717) is 18.8 Å². The topological polar surface area (TPSA) is 45.6 Å². The van der Waals surface area contributed by atoms with Crippen LogP contribution in [0.4, 0.5) is 0 Å². The van der Waals surface area contributed by atoms with Crippen LogP contribution >= 0.6 is 15.9 Å². The van der Waals surface area contributed by atoms with Gasteiger partial charge in [0.15, 0.2) is 0 Å². The molecule has 2 amide bonds. The second-order valence-electron chi connectivity index (χ2n) is 4.78. The summed E-state index contributed by atoms with van der Waals surface area (Å²) < 4.78 is 2.83. The molecule has 0 spiro atoms. The van der Waals surface area contributed by atoms with E-state index in [4.69, 9.17) is 0 Å². The molecule has 1 fully saturated rings. The zero-order chi connectivity index (χ0) is 14.0. The first kappa shape index (κ1) is 14.1. The maximum absolute atomic E-state index is 12.5. The Bertz CT molecular complexity index is 498. The van der Waals surface area contributed by atoms with Crippen LogP contribution in [0.1, 0.15) is 23.8 Å². The van der Waals surface area contributed by atoms with Crippen LogP contribution in [0.15, 0.2) is 16.7 Å². The number of likely N-dealkylation sites (N-methyl/N-ethyl adjacent to an activating group) is 1. The number of hydrogen-bond donors (Lipinski definition) is 0. The van der Waals surface area contributed by atoms with Crippen molar-refractivity contribution in [2.75, 3.05) is 26.7 Å². The van der Waals surface area contributed by atoms with E-state index < -0.39 is 0 Å². The summed E-state index contributed by atoms with van der Waals surface area (Å²) in [6.45, 7) is 4.23. The highest BCUT2D eigenvalue weighted by Gasteiger charge is 2.27. The van der Waals surface area contributed by atoms with E-state index in [2.05, 4.69) is 22.9 Å². The van der Waals surface area contributed by atoms with E-state index in [1.54, 1.807) is 16.8 Å². The van der Waals surface area contributed by atoms with Crippen LogP contribution in [0.2, 0.25) is 0 Å². The summed E-state index contributed by atoms with van der Waals surface area (Å²) in [4.78, 5) is 27.4. The van der Waals surface area contributed by atoms with Crippen LogP contribution in [0, 0.1) is 0 Å². The van der Waals surface area contributed by atoms with Gasteiger partial charge >= 0.3 is 0 Å².